The summed E-state index contributed by atoms with van der Waals surface area (Å²) >= 11 is -3.58. The van der Waals surface area contributed by atoms with E-state index in [4.69, 9.17) is 10.7 Å². The van der Waals surface area contributed by atoms with Crippen LogP contribution >= 0.6 is 17.2 Å². The summed E-state index contributed by atoms with van der Waals surface area (Å²) in [4.78, 5) is 0. The number of unbranched alkanes of at least 4 members (excludes halogenated alkanes) is 20. The van der Waals surface area contributed by atoms with E-state index in [1.807, 2.05) is 0 Å². The Morgan fingerprint density at radius 1 is 0.368 bits per heavy atom. The van der Waals surface area contributed by atoms with Gasteiger partial charge in [-0.3, -0.25) is 0 Å². The van der Waals surface area contributed by atoms with E-state index in [2.05, 4.69) is 27.7 Å². The van der Waals surface area contributed by atoms with Gasteiger partial charge in [-0.25, -0.2) is 0 Å². The zero-order valence-corrected chi connectivity index (χ0v) is 30.2. The van der Waals surface area contributed by atoms with Gasteiger partial charge in [0.2, 0.25) is 0 Å². The quantitative estimate of drug-likeness (QED) is 0.0524. The van der Waals surface area contributed by atoms with Gasteiger partial charge in [-0.05, 0) is 50.3 Å². The first-order valence-corrected chi connectivity index (χ1v) is 21.8. The fourth-order valence-electron chi connectivity index (χ4n) is 4.37. The molecule has 2 N–H and O–H groups in total. The van der Waals surface area contributed by atoms with Gasteiger partial charge in [-0.15, -0.1) is 17.2 Å². The summed E-state index contributed by atoms with van der Waals surface area (Å²) in [5, 5.41) is 0. The summed E-state index contributed by atoms with van der Waals surface area (Å²) in [5.41, 5.74) is 0. The van der Waals surface area contributed by atoms with E-state index in [9.17, 15) is 0 Å². The van der Waals surface area contributed by atoms with Crippen LogP contribution in [-0.4, -0.2) is 32.0 Å². The zero-order chi connectivity index (χ0) is 28.8. The maximum absolute atomic E-state index is 8.81. The van der Waals surface area contributed by atoms with Gasteiger partial charge in [0.25, 0.3) is 0 Å². The van der Waals surface area contributed by atoms with Gasteiger partial charge in [-0.1, -0.05) is 156 Å². The molecular formula is C32H72O3P2Ti. The molecule has 0 radical (unpaired) electrons. The molecule has 0 fully saturated rings. The topological polar surface area (TPSA) is 57.5 Å². The summed E-state index contributed by atoms with van der Waals surface area (Å²) in [6.45, 7) is 9.17. The predicted molar refractivity (Wildman–Crippen MR) is 175 cm³/mol. The van der Waals surface area contributed by atoms with E-state index in [0.29, 0.717) is 0 Å². The Balaban J connectivity index is -0.000000564. The van der Waals surface area contributed by atoms with Gasteiger partial charge < -0.3 is 0 Å². The van der Waals surface area contributed by atoms with Crippen LogP contribution in [0.5, 0.6) is 0 Å². The molecule has 6 heteroatoms. The molecule has 0 saturated heterocycles. The van der Waals surface area contributed by atoms with Crippen LogP contribution in [0.15, 0.2) is 0 Å². The predicted octanol–water partition coefficient (Wildman–Crippen LogP) is 11.5. The average molecular weight is 615 g/mol. The van der Waals surface area contributed by atoms with E-state index >= 15 is 0 Å². The molecule has 0 rings (SSSR count). The van der Waals surface area contributed by atoms with Crippen LogP contribution in [0.1, 0.15) is 182 Å². The van der Waals surface area contributed by atoms with Gasteiger partial charge >= 0.3 is 29.3 Å². The minimum atomic E-state index is -3.58. The summed E-state index contributed by atoms with van der Waals surface area (Å²) in [6, 6.07) is 0. The molecule has 0 unspecified atom stereocenters. The summed E-state index contributed by atoms with van der Waals surface area (Å²) in [6.07, 6.45) is 41.1. The van der Waals surface area contributed by atoms with Crippen molar-refractivity contribution in [1.29, 1.82) is 0 Å². The molecule has 0 aliphatic carbocycles. The van der Waals surface area contributed by atoms with Crippen molar-refractivity contribution in [3.63, 3.8) is 0 Å². The molecule has 0 bridgehead atoms. The zero-order valence-electron chi connectivity index (χ0n) is 26.6. The minimum absolute atomic E-state index is 1.26. The molecule has 0 amide bonds. The molecule has 0 atom stereocenters. The van der Waals surface area contributed by atoms with Gasteiger partial charge in [0.1, 0.15) is 0 Å². The average Bonchev–Trinajstić information content (AvgIpc) is 2.89. The van der Waals surface area contributed by atoms with Crippen molar-refractivity contribution in [2.75, 3.05) is 24.6 Å². The van der Waals surface area contributed by atoms with Gasteiger partial charge in [0, 0.05) is 0 Å². The first-order chi connectivity index (χ1) is 18.6. The first-order valence-electron chi connectivity index (χ1n) is 16.9. The second-order valence-electron chi connectivity index (χ2n) is 10.9. The van der Waals surface area contributed by atoms with Crippen LogP contribution in [0.3, 0.4) is 0 Å². The Labute approximate surface area is 252 Å². The third-order valence-corrected chi connectivity index (χ3v) is 9.66. The molecule has 0 saturated carbocycles. The molecule has 232 valence electrons. The van der Waals surface area contributed by atoms with Crippen molar-refractivity contribution < 1.29 is 29.3 Å². The van der Waals surface area contributed by atoms with E-state index < -0.39 is 18.6 Å². The second kappa shape index (κ2) is 45.3. The molecule has 0 aromatic heterocycles. The van der Waals surface area contributed by atoms with E-state index in [1.165, 1.54) is 196 Å². The molecule has 3 nitrogen and oxygen atoms in total. The van der Waals surface area contributed by atoms with Crippen LogP contribution in [-0.2, 0) is 21.9 Å². The van der Waals surface area contributed by atoms with Gasteiger partial charge in [0.05, 0.1) is 0 Å². The fourth-order valence-corrected chi connectivity index (χ4v) is 6.87. The molecule has 0 aromatic rings. The molecule has 0 aliphatic rings. The van der Waals surface area contributed by atoms with Crippen molar-refractivity contribution in [3.05, 3.63) is 0 Å². The van der Waals surface area contributed by atoms with Crippen LogP contribution in [0.25, 0.3) is 0 Å². The number of rotatable bonds is 28. The third kappa shape index (κ3) is 57.2. The summed E-state index contributed by atoms with van der Waals surface area (Å²) < 4.78 is 23.2. The molecule has 38 heavy (non-hydrogen) atoms. The van der Waals surface area contributed by atoms with Gasteiger partial charge in [-0.2, -0.15) is 0 Å². The van der Waals surface area contributed by atoms with Crippen molar-refractivity contribution in [2.24, 2.45) is 0 Å². The monoisotopic (exact) mass is 614 g/mol. The van der Waals surface area contributed by atoms with E-state index in [0.717, 1.165) is 0 Å². The van der Waals surface area contributed by atoms with E-state index in [1.54, 1.807) is 0 Å². The molecule has 0 spiro atoms. The SMILES string of the molecule is CCCCCCCCPCCCCCCCC.CCCCCCCCPCCCCCCCC.[O]=[Ti]([OH])[OH]. The van der Waals surface area contributed by atoms with Crippen molar-refractivity contribution in [3.8, 4) is 0 Å². The van der Waals surface area contributed by atoms with Crippen LogP contribution in [0, 0.1) is 0 Å². The van der Waals surface area contributed by atoms with Crippen LogP contribution in [0.4, 0.5) is 0 Å². The normalized spacial score (nSPS) is 10.5. The molecule has 0 aliphatic heterocycles. The van der Waals surface area contributed by atoms with Crippen LogP contribution in [0.2, 0.25) is 0 Å². The van der Waals surface area contributed by atoms with E-state index in [-0.39, 0.29) is 0 Å². The Hall–Kier alpha value is 1.29. The Morgan fingerprint density at radius 3 is 0.711 bits per heavy atom. The van der Waals surface area contributed by atoms with Crippen molar-refractivity contribution in [1.82, 2.24) is 0 Å². The first kappa shape index (κ1) is 43.7. The standard InChI is InChI=1S/2C16H35P.2H2O.O.Ti/c2*1-3-5-7-9-11-13-15-17-16-14-12-10-8-6-4-2;;;;/h2*17H,3-16H2,1-2H3;2*1H2;;/q;;;;;+2/p-2. The second-order valence-corrected chi connectivity index (χ2v) is 14.7. The molecular weight excluding hydrogens is 542 g/mol. The van der Waals surface area contributed by atoms with Crippen molar-refractivity contribution >= 4 is 17.2 Å². The third-order valence-electron chi connectivity index (χ3n) is 6.83. The summed E-state index contributed by atoms with van der Waals surface area (Å²) in [5.74, 6) is 0. The Bertz CT molecular complexity index is 339. The van der Waals surface area contributed by atoms with Gasteiger partial charge in [0.15, 0.2) is 0 Å². The number of hydrogen-bond acceptors (Lipinski definition) is 1. The van der Waals surface area contributed by atoms with Crippen molar-refractivity contribution in [2.45, 2.75) is 182 Å². The maximum atomic E-state index is 8.81. The molecule has 0 aromatic carbocycles. The Kier molecular flexibility index (Phi) is 52.1. The summed E-state index contributed by atoms with van der Waals surface area (Å²) in [7, 11) is 2.51. The Morgan fingerprint density at radius 2 is 0.526 bits per heavy atom. The molecule has 0 heterocycles. The fraction of sp³-hybridized carbons (Fsp3) is 1.00. The number of hydrogen-bond donors (Lipinski definition) is 2. The van der Waals surface area contributed by atoms with Crippen LogP contribution < -0.4 is 0 Å².